The second-order valence-electron chi connectivity index (χ2n) is 7.33. The first-order valence-corrected chi connectivity index (χ1v) is 10.4. The van der Waals surface area contributed by atoms with Gasteiger partial charge in [-0.2, -0.15) is 0 Å². The lowest BCUT2D eigenvalue weighted by Gasteiger charge is -2.26. The summed E-state index contributed by atoms with van der Waals surface area (Å²) in [5.74, 6) is 2.67. The Morgan fingerprint density at radius 2 is 2.11 bits per heavy atom. The summed E-state index contributed by atoms with van der Waals surface area (Å²) in [6, 6.07) is 4.16. The van der Waals surface area contributed by atoms with E-state index >= 15 is 0 Å². The van der Waals surface area contributed by atoms with Gasteiger partial charge in [0.1, 0.15) is 17.6 Å². The molecule has 0 aliphatic carbocycles. The Bertz CT molecular complexity index is 659. The molecule has 2 aliphatic heterocycles. The highest BCUT2D eigenvalue weighted by Gasteiger charge is 2.21. The zero-order valence-electron chi connectivity index (χ0n) is 17.4. The van der Waals surface area contributed by atoms with Gasteiger partial charge in [0.25, 0.3) is 0 Å². The van der Waals surface area contributed by atoms with Crippen molar-refractivity contribution in [2.24, 2.45) is 4.99 Å². The maximum absolute atomic E-state index is 5.89. The average molecular weight is 391 g/mol. The highest BCUT2D eigenvalue weighted by atomic mass is 16.5. The molecular formula is C21H34N4O3. The largest absolute Gasteiger partial charge is 0.496 e. The van der Waals surface area contributed by atoms with Gasteiger partial charge in [0.2, 0.25) is 0 Å². The van der Waals surface area contributed by atoms with Crippen LogP contribution < -0.4 is 20.1 Å². The van der Waals surface area contributed by atoms with Crippen molar-refractivity contribution in [3.63, 3.8) is 0 Å². The summed E-state index contributed by atoms with van der Waals surface area (Å²) < 4.78 is 16.9. The Morgan fingerprint density at radius 1 is 1.29 bits per heavy atom. The molecule has 2 heterocycles. The van der Waals surface area contributed by atoms with E-state index in [2.05, 4.69) is 41.5 Å². The second-order valence-corrected chi connectivity index (χ2v) is 7.33. The highest BCUT2D eigenvalue weighted by Crippen LogP contribution is 2.35. The molecule has 0 bridgehead atoms. The van der Waals surface area contributed by atoms with E-state index in [0.29, 0.717) is 6.54 Å². The van der Waals surface area contributed by atoms with Gasteiger partial charge in [-0.3, -0.25) is 4.90 Å². The molecule has 1 aromatic rings. The fourth-order valence-corrected chi connectivity index (χ4v) is 3.64. The van der Waals surface area contributed by atoms with E-state index in [9.17, 15) is 0 Å². The monoisotopic (exact) mass is 390 g/mol. The van der Waals surface area contributed by atoms with Crippen molar-refractivity contribution >= 4 is 5.96 Å². The molecule has 0 amide bonds. The molecule has 0 aromatic heterocycles. The lowest BCUT2D eigenvalue weighted by atomic mass is 10.1. The zero-order chi connectivity index (χ0) is 19.8. The normalized spacial score (nSPS) is 19.8. The van der Waals surface area contributed by atoms with Crippen molar-refractivity contribution in [1.29, 1.82) is 0 Å². The lowest BCUT2D eigenvalue weighted by molar-refractivity contribution is 0.0376. The number of hydrogen-bond acceptors (Lipinski definition) is 5. The molecular weight excluding hydrogens is 356 g/mol. The van der Waals surface area contributed by atoms with Crippen LogP contribution in [0.25, 0.3) is 0 Å². The molecule has 0 saturated carbocycles. The SMILES string of the molecule is CCNC(=NCc1cc2c(cc1OC)CC(C)O2)NCCCN1CCOCC1. The molecule has 2 N–H and O–H groups in total. The lowest BCUT2D eigenvalue weighted by Crippen LogP contribution is -2.40. The van der Waals surface area contributed by atoms with Crippen LogP contribution in [0.3, 0.4) is 0 Å². The number of rotatable bonds is 8. The molecule has 1 atom stereocenters. The molecule has 1 fully saturated rings. The van der Waals surface area contributed by atoms with Crippen molar-refractivity contribution in [2.45, 2.75) is 39.3 Å². The molecule has 156 valence electrons. The van der Waals surface area contributed by atoms with Crippen LogP contribution in [0, 0.1) is 0 Å². The number of ether oxygens (including phenoxy) is 3. The molecule has 2 aliphatic rings. The Balaban J connectivity index is 1.54. The summed E-state index contributed by atoms with van der Waals surface area (Å²) in [6.45, 7) is 11.3. The first kappa shape index (κ1) is 20.7. The molecule has 1 saturated heterocycles. The number of methoxy groups -OCH3 is 1. The number of morpholine rings is 1. The zero-order valence-corrected chi connectivity index (χ0v) is 17.4. The van der Waals surface area contributed by atoms with Crippen molar-refractivity contribution in [3.05, 3.63) is 23.3 Å². The molecule has 7 heteroatoms. The standard InChI is InChI=1S/C21H34N4O3/c1-4-22-21(23-6-5-7-25-8-10-27-11-9-25)24-15-18-14-20-17(12-16(2)28-20)13-19(18)26-3/h13-14,16H,4-12,15H2,1-3H3,(H2,22,23,24). The van der Waals surface area contributed by atoms with E-state index < -0.39 is 0 Å². The van der Waals surface area contributed by atoms with Crippen LogP contribution in [-0.4, -0.2) is 70.0 Å². The van der Waals surface area contributed by atoms with Crippen molar-refractivity contribution in [2.75, 3.05) is 53.0 Å². The number of guanidine groups is 1. The Morgan fingerprint density at radius 3 is 2.86 bits per heavy atom. The van der Waals surface area contributed by atoms with Crippen LogP contribution >= 0.6 is 0 Å². The van der Waals surface area contributed by atoms with E-state index in [1.807, 2.05) is 0 Å². The number of aliphatic imine (C=N–C) groups is 1. The van der Waals surface area contributed by atoms with Crippen LogP contribution in [0.2, 0.25) is 0 Å². The minimum atomic E-state index is 0.226. The maximum atomic E-state index is 5.89. The van der Waals surface area contributed by atoms with Gasteiger partial charge in [-0.25, -0.2) is 4.99 Å². The van der Waals surface area contributed by atoms with Gasteiger partial charge in [0, 0.05) is 43.7 Å². The first-order chi connectivity index (χ1) is 13.7. The van der Waals surface area contributed by atoms with E-state index in [-0.39, 0.29) is 6.10 Å². The predicted molar refractivity (Wildman–Crippen MR) is 111 cm³/mol. The third-order valence-corrected chi connectivity index (χ3v) is 5.10. The van der Waals surface area contributed by atoms with E-state index in [0.717, 1.165) is 81.8 Å². The van der Waals surface area contributed by atoms with Gasteiger partial charge >= 0.3 is 0 Å². The third-order valence-electron chi connectivity index (χ3n) is 5.10. The minimum absolute atomic E-state index is 0.226. The van der Waals surface area contributed by atoms with Crippen LogP contribution in [-0.2, 0) is 17.7 Å². The molecule has 0 radical (unpaired) electrons. The highest BCUT2D eigenvalue weighted by molar-refractivity contribution is 5.79. The van der Waals surface area contributed by atoms with Gasteiger partial charge in [0.15, 0.2) is 5.96 Å². The fraction of sp³-hybridized carbons (Fsp3) is 0.667. The summed E-state index contributed by atoms with van der Waals surface area (Å²) in [5.41, 5.74) is 2.26. The topological polar surface area (TPSA) is 67.4 Å². The number of nitrogens with zero attached hydrogens (tertiary/aromatic N) is 2. The number of hydrogen-bond donors (Lipinski definition) is 2. The second kappa shape index (κ2) is 10.5. The first-order valence-electron chi connectivity index (χ1n) is 10.4. The summed E-state index contributed by atoms with van der Waals surface area (Å²) in [6.07, 6.45) is 2.24. The Hall–Kier alpha value is -1.99. The Labute approximate surface area is 168 Å². The van der Waals surface area contributed by atoms with Gasteiger partial charge < -0.3 is 24.8 Å². The number of nitrogens with one attached hydrogen (secondary N) is 2. The molecule has 1 aromatic carbocycles. The summed E-state index contributed by atoms with van der Waals surface area (Å²) in [4.78, 5) is 7.20. The summed E-state index contributed by atoms with van der Waals surface area (Å²) in [5, 5.41) is 6.76. The predicted octanol–water partition coefficient (Wildman–Crippen LogP) is 1.80. The van der Waals surface area contributed by atoms with Crippen molar-refractivity contribution in [1.82, 2.24) is 15.5 Å². The van der Waals surface area contributed by atoms with Crippen LogP contribution in [0.5, 0.6) is 11.5 Å². The van der Waals surface area contributed by atoms with Crippen molar-refractivity contribution in [3.8, 4) is 11.5 Å². The molecule has 1 unspecified atom stereocenters. The smallest absolute Gasteiger partial charge is 0.191 e. The van der Waals surface area contributed by atoms with Gasteiger partial charge in [-0.15, -0.1) is 0 Å². The Kier molecular flexibility index (Phi) is 7.80. The number of fused-ring (bicyclic) bond motifs is 1. The van der Waals surface area contributed by atoms with E-state index in [1.165, 1.54) is 5.56 Å². The minimum Gasteiger partial charge on any atom is -0.496 e. The van der Waals surface area contributed by atoms with Gasteiger partial charge in [-0.05, 0) is 38.9 Å². The van der Waals surface area contributed by atoms with Crippen LogP contribution in [0.1, 0.15) is 31.4 Å². The third kappa shape index (κ3) is 5.75. The molecule has 28 heavy (non-hydrogen) atoms. The summed E-state index contributed by atoms with van der Waals surface area (Å²) in [7, 11) is 1.71. The molecule has 3 rings (SSSR count). The van der Waals surface area contributed by atoms with Gasteiger partial charge in [-0.1, -0.05) is 0 Å². The van der Waals surface area contributed by atoms with Gasteiger partial charge in [0.05, 0.1) is 26.9 Å². The average Bonchev–Trinajstić information content (AvgIpc) is 3.08. The molecule has 0 spiro atoms. The van der Waals surface area contributed by atoms with Crippen LogP contribution in [0.15, 0.2) is 17.1 Å². The van der Waals surface area contributed by atoms with Crippen molar-refractivity contribution < 1.29 is 14.2 Å². The maximum Gasteiger partial charge on any atom is 0.191 e. The quantitative estimate of drug-likeness (QED) is 0.401. The molecule has 7 nitrogen and oxygen atoms in total. The summed E-state index contributed by atoms with van der Waals surface area (Å²) >= 11 is 0. The number of benzene rings is 1. The fourth-order valence-electron chi connectivity index (χ4n) is 3.64. The van der Waals surface area contributed by atoms with E-state index in [1.54, 1.807) is 7.11 Å². The van der Waals surface area contributed by atoms with Crippen LogP contribution in [0.4, 0.5) is 0 Å². The van der Waals surface area contributed by atoms with E-state index in [4.69, 9.17) is 19.2 Å².